The smallest absolute Gasteiger partial charge is 0.261 e. The van der Waals surface area contributed by atoms with Crippen LogP contribution in [-0.4, -0.2) is 22.1 Å². The van der Waals surface area contributed by atoms with Gasteiger partial charge in [0, 0.05) is 5.39 Å². The third-order valence-electron chi connectivity index (χ3n) is 3.75. The van der Waals surface area contributed by atoms with Crippen LogP contribution in [-0.2, 0) is 4.84 Å². The molecule has 4 rings (SSSR count). The van der Waals surface area contributed by atoms with E-state index in [0.717, 1.165) is 21.9 Å². The van der Waals surface area contributed by atoms with Crippen molar-refractivity contribution in [3.63, 3.8) is 0 Å². The van der Waals surface area contributed by atoms with Crippen molar-refractivity contribution >= 4 is 27.6 Å². The molecule has 0 bridgehead atoms. The van der Waals surface area contributed by atoms with Gasteiger partial charge in [-0.1, -0.05) is 30.3 Å². The van der Waals surface area contributed by atoms with Gasteiger partial charge in [-0.2, -0.15) is 0 Å². The summed E-state index contributed by atoms with van der Waals surface area (Å²) < 4.78 is 0. The normalized spacial score (nSPS) is 11.2. The van der Waals surface area contributed by atoms with Crippen LogP contribution in [0.4, 0.5) is 5.69 Å². The zero-order valence-electron chi connectivity index (χ0n) is 12.4. The second-order valence-corrected chi connectivity index (χ2v) is 5.16. The largest absolute Gasteiger partial charge is 0.338 e. The Morgan fingerprint density at radius 2 is 1.74 bits per heavy atom. The molecule has 0 aliphatic heterocycles. The maximum Gasteiger partial charge on any atom is 0.261 e. The Morgan fingerprint density at radius 3 is 2.52 bits per heavy atom. The summed E-state index contributed by atoms with van der Waals surface area (Å²) in [7, 11) is 1.51. The van der Waals surface area contributed by atoms with E-state index >= 15 is 0 Å². The molecule has 2 heterocycles. The van der Waals surface area contributed by atoms with Crippen LogP contribution in [0.5, 0.6) is 0 Å². The molecule has 2 aromatic heterocycles. The average molecular weight is 306 g/mol. The number of nitrogens with one attached hydrogen (secondary N) is 3. The molecule has 114 valence electrons. The molecule has 0 saturated carbocycles. The van der Waals surface area contributed by atoms with Crippen molar-refractivity contribution < 1.29 is 4.84 Å². The molecular formula is C17H14N4O2. The number of hydrogen-bond donors (Lipinski definition) is 3. The van der Waals surface area contributed by atoms with Gasteiger partial charge < -0.3 is 9.97 Å². The van der Waals surface area contributed by atoms with E-state index in [-0.39, 0.29) is 5.56 Å². The second-order valence-electron chi connectivity index (χ2n) is 5.16. The Bertz CT molecular complexity index is 1030. The lowest BCUT2D eigenvalue weighted by Crippen LogP contribution is -2.14. The Labute approximate surface area is 131 Å². The average Bonchev–Trinajstić information content (AvgIpc) is 2.98. The maximum absolute atomic E-state index is 12.6. The van der Waals surface area contributed by atoms with E-state index < -0.39 is 0 Å². The Kier molecular flexibility index (Phi) is 3.09. The lowest BCUT2D eigenvalue weighted by atomic mass is 10.1. The number of para-hydroxylation sites is 3. The van der Waals surface area contributed by atoms with Crippen LogP contribution in [0.1, 0.15) is 0 Å². The number of hydrogen-bond acceptors (Lipinski definition) is 4. The van der Waals surface area contributed by atoms with Crippen molar-refractivity contribution in [3.8, 4) is 11.4 Å². The molecule has 23 heavy (non-hydrogen) atoms. The van der Waals surface area contributed by atoms with Gasteiger partial charge in [-0.3, -0.25) is 15.1 Å². The molecule has 6 nitrogen and oxygen atoms in total. The highest BCUT2D eigenvalue weighted by atomic mass is 16.6. The zero-order chi connectivity index (χ0) is 15.8. The fraction of sp³-hybridized carbons (Fsp3) is 0.0588. The summed E-state index contributed by atoms with van der Waals surface area (Å²) >= 11 is 0. The van der Waals surface area contributed by atoms with Gasteiger partial charge in [-0.15, -0.1) is 0 Å². The van der Waals surface area contributed by atoms with Gasteiger partial charge in [0.1, 0.15) is 11.4 Å². The minimum absolute atomic E-state index is 0.234. The summed E-state index contributed by atoms with van der Waals surface area (Å²) in [6.45, 7) is 0. The molecule has 3 N–H and O–H groups in total. The summed E-state index contributed by atoms with van der Waals surface area (Å²) in [5.74, 6) is 0.498. The molecule has 0 aliphatic rings. The zero-order valence-corrected chi connectivity index (χ0v) is 12.4. The minimum Gasteiger partial charge on any atom is -0.338 e. The van der Waals surface area contributed by atoms with E-state index in [0.29, 0.717) is 17.1 Å². The van der Waals surface area contributed by atoms with Crippen molar-refractivity contribution in [2.45, 2.75) is 0 Å². The lowest BCUT2D eigenvalue weighted by Gasteiger charge is -2.11. The predicted molar refractivity (Wildman–Crippen MR) is 90.3 cm³/mol. The van der Waals surface area contributed by atoms with Gasteiger partial charge in [0.05, 0.1) is 29.3 Å². The molecule has 0 fully saturated rings. The third kappa shape index (κ3) is 2.16. The lowest BCUT2D eigenvalue weighted by molar-refractivity contribution is 0.272. The van der Waals surface area contributed by atoms with Gasteiger partial charge in [-0.05, 0) is 18.2 Å². The Balaban J connectivity index is 2.07. The van der Waals surface area contributed by atoms with E-state index in [2.05, 4.69) is 20.4 Å². The fourth-order valence-corrected chi connectivity index (χ4v) is 2.75. The van der Waals surface area contributed by atoms with Crippen molar-refractivity contribution in [1.29, 1.82) is 0 Å². The molecule has 6 heteroatoms. The molecule has 0 spiro atoms. The monoisotopic (exact) mass is 306 g/mol. The first kappa shape index (κ1) is 13.5. The molecule has 4 aromatic rings. The van der Waals surface area contributed by atoms with Gasteiger partial charge in [0.15, 0.2) is 0 Å². The number of H-pyrrole nitrogens is 2. The molecule has 2 aromatic carbocycles. The highest BCUT2D eigenvalue weighted by molar-refractivity contribution is 5.98. The number of imidazole rings is 1. The van der Waals surface area contributed by atoms with E-state index in [1.54, 1.807) is 0 Å². The van der Waals surface area contributed by atoms with Gasteiger partial charge in [0.2, 0.25) is 0 Å². The number of nitrogens with zero attached hydrogens (tertiary/aromatic N) is 1. The maximum atomic E-state index is 12.6. The summed E-state index contributed by atoms with van der Waals surface area (Å²) in [5, 5.41) is 0.851. The van der Waals surface area contributed by atoms with Crippen LogP contribution in [0.2, 0.25) is 0 Å². The Morgan fingerprint density at radius 1 is 1.00 bits per heavy atom. The number of anilines is 1. The van der Waals surface area contributed by atoms with E-state index in [4.69, 9.17) is 4.84 Å². The SMILES string of the molecule is CONc1c(-c2nc3ccccc3[nH]2)c(=O)[nH]c2ccccc12. The number of fused-ring (bicyclic) bond motifs is 2. The molecular weight excluding hydrogens is 292 g/mol. The van der Waals surface area contributed by atoms with E-state index in [1.807, 2.05) is 48.5 Å². The van der Waals surface area contributed by atoms with Crippen molar-refractivity contribution in [1.82, 2.24) is 15.0 Å². The number of pyridine rings is 1. The van der Waals surface area contributed by atoms with Crippen molar-refractivity contribution in [2.75, 3.05) is 12.6 Å². The topological polar surface area (TPSA) is 82.8 Å². The quantitative estimate of drug-likeness (QED) is 0.508. The van der Waals surface area contributed by atoms with Crippen molar-refractivity contribution in [2.24, 2.45) is 0 Å². The van der Waals surface area contributed by atoms with E-state index in [9.17, 15) is 4.79 Å². The predicted octanol–water partition coefficient (Wildman–Crippen LogP) is 3.04. The number of benzene rings is 2. The van der Waals surface area contributed by atoms with Crippen LogP contribution in [0.15, 0.2) is 53.3 Å². The molecule has 0 saturated heterocycles. The third-order valence-corrected chi connectivity index (χ3v) is 3.75. The second kappa shape index (κ2) is 5.26. The summed E-state index contributed by atoms with van der Waals surface area (Å²) in [6.07, 6.45) is 0. The van der Waals surface area contributed by atoms with Crippen LogP contribution in [0.3, 0.4) is 0 Å². The highest BCUT2D eigenvalue weighted by Gasteiger charge is 2.17. The Hall–Kier alpha value is -3.12. The number of aromatic amines is 2. The van der Waals surface area contributed by atoms with Gasteiger partial charge in [0.25, 0.3) is 5.56 Å². The first-order chi connectivity index (χ1) is 11.3. The van der Waals surface area contributed by atoms with Crippen LogP contribution >= 0.6 is 0 Å². The van der Waals surface area contributed by atoms with Crippen molar-refractivity contribution in [3.05, 3.63) is 58.9 Å². The number of aromatic nitrogens is 3. The van der Waals surface area contributed by atoms with E-state index in [1.165, 1.54) is 7.11 Å². The number of rotatable bonds is 3. The molecule has 0 radical (unpaired) electrons. The molecule has 0 aliphatic carbocycles. The van der Waals surface area contributed by atoms with Gasteiger partial charge >= 0.3 is 0 Å². The van der Waals surface area contributed by atoms with Gasteiger partial charge in [-0.25, -0.2) is 4.98 Å². The molecule has 0 atom stereocenters. The summed E-state index contributed by atoms with van der Waals surface area (Å²) in [5.41, 5.74) is 6.01. The summed E-state index contributed by atoms with van der Waals surface area (Å²) in [4.78, 5) is 28.3. The summed E-state index contributed by atoms with van der Waals surface area (Å²) in [6, 6.07) is 15.2. The first-order valence-corrected chi connectivity index (χ1v) is 7.17. The van der Waals surface area contributed by atoms with Crippen LogP contribution in [0.25, 0.3) is 33.3 Å². The minimum atomic E-state index is -0.234. The highest BCUT2D eigenvalue weighted by Crippen LogP contribution is 2.30. The molecule has 0 amide bonds. The molecule has 0 unspecified atom stereocenters. The standard InChI is InChI=1S/C17H14N4O2/c1-23-21-15-10-6-2-3-7-11(10)20-17(22)14(15)16-18-12-8-4-5-9-13(12)19-16/h2-9H,1H3,(H,18,19)(H2,20,21,22). The first-order valence-electron chi connectivity index (χ1n) is 7.17. The van der Waals surface area contributed by atoms with Crippen LogP contribution in [0, 0.1) is 0 Å². The van der Waals surface area contributed by atoms with Crippen LogP contribution < -0.4 is 11.0 Å². The fourth-order valence-electron chi connectivity index (χ4n) is 2.75.